The Bertz CT molecular complexity index is 832. The van der Waals surface area contributed by atoms with E-state index in [0.29, 0.717) is 24.8 Å². The highest BCUT2D eigenvalue weighted by molar-refractivity contribution is 5.91. The second kappa shape index (κ2) is 9.33. The van der Waals surface area contributed by atoms with E-state index in [4.69, 9.17) is 4.42 Å². The monoisotopic (exact) mass is 399 g/mol. The highest BCUT2D eigenvalue weighted by Gasteiger charge is 2.33. The van der Waals surface area contributed by atoms with Gasteiger partial charge in [-0.05, 0) is 56.4 Å². The molecule has 0 bridgehead atoms. The van der Waals surface area contributed by atoms with E-state index in [1.807, 2.05) is 36.2 Å². The molecule has 2 heterocycles. The Labute approximate surface area is 173 Å². The quantitative estimate of drug-likeness (QED) is 0.655. The van der Waals surface area contributed by atoms with E-state index in [1.165, 1.54) is 0 Å². The van der Waals surface area contributed by atoms with Crippen molar-refractivity contribution in [3.05, 3.63) is 47.7 Å². The van der Waals surface area contributed by atoms with E-state index >= 15 is 0 Å². The second-order valence-corrected chi connectivity index (χ2v) is 8.43. The number of nitrogens with zero attached hydrogens (tertiary/aromatic N) is 2. The van der Waals surface area contributed by atoms with E-state index in [9.17, 15) is 9.59 Å². The molecule has 29 heavy (non-hydrogen) atoms. The molecule has 1 fully saturated rings. The summed E-state index contributed by atoms with van der Waals surface area (Å²) in [6, 6.07) is 7.69. The van der Waals surface area contributed by atoms with Crippen molar-refractivity contribution in [2.75, 3.05) is 6.54 Å². The van der Waals surface area contributed by atoms with Gasteiger partial charge in [0.2, 0.25) is 5.91 Å². The van der Waals surface area contributed by atoms with Gasteiger partial charge >= 0.3 is 0 Å². The molecule has 3 rings (SSSR count). The zero-order valence-corrected chi connectivity index (χ0v) is 18.0. The van der Waals surface area contributed by atoms with Gasteiger partial charge in [0, 0.05) is 30.4 Å². The highest BCUT2D eigenvalue weighted by Crippen LogP contribution is 2.31. The molecule has 2 aromatic rings. The Morgan fingerprint density at radius 2 is 2.00 bits per heavy atom. The minimum atomic E-state index is -0.186. The largest absolute Gasteiger partial charge is 0.454 e. The molecule has 6 nitrogen and oxygen atoms in total. The summed E-state index contributed by atoms with van der Waals surface area (Å²) in [4.78, 5) is 26.9. The fraction of sp³-hybridized carbons (Fsp3) is 0.565. The summed E-state index contributed by atoms with van der Waals surface area (Å²) in [5.74, 6) is 1.73. The van der Waals surface area contributed by atoms with Crippen LogP contribution in [0, 0.1) is 11.8 Å². The number of hydrogen-bond donors (Lipinski definition) is 1. The standard InChI is InChI=1S/C23H33N3O3/c1-5-12-26(23(28)18-8-9-18)14-19-7-6-13-25(19)15-20-10-11-21(29-20)22(27)24-17(4)16(2)3/h6-7,10-11,13,16-18H,5,8-9,12,14-15H2,1-4H3,(H,24,27)/t17-/m0/s1. The summed E-state index contributed by atoms with van der Waals surface area (Å²) in [6.07, 6.45) is 4.98. The molecule has 0 saturated heterocycles. The molecule has 158 valence electrons. The van der Waals surface area contributed by atoms with E-state index in [-0.39, 0.29) is 23.8 Å². The molecule has 0 radical (unpaired) electrons. The molecule has 1 saturated carbocycles. The molecule has 1 N–H and O–H groups in total. The molecule has 0 unspecified atom stereocenters. The van der Waals surface area contributed by atoms with Crippen LogP contribution in [0.5, 0.6) is 0 Å². The van der Waals surface area contributed by atoms with Crippen LogP contribution in [0.2, 0.25) is 0 Å². The van der Waals surface area contributed by atoms with Gasteiger partial charge in [0.05, 0.1) is 13.1 Å². The van der Waals surface area contributed by atoms with Gasteiger partial charge in [-0.3, -0.25) is 9.59 Å². The van der Waals surface area contributed by atoms with Gasteiger partial charge in [-0.2, -0.15) is 0 Å². The Morgan fingerprint density at radius 1 is 1.24 bits per heavy atom. The number of aromatic nitrogens is 1. The molecule has 0 spiro atoms. The van der Waals surface area contributed by atoms with Gasteiger partial charge in [-0.15, -0.1) is 0 Å². The van der Waals surface area contributed by atoms with Crippen LogP contribution in [-0.2, 0) is 17.9 Å². The summed E-state index contributed by atoms with van der Waals surface area (Å²) < 4.78 is 7.87. The van der Waals surface area contributed by atoms with Crippen LogP contribution < -0.4 is 5.32 Å². The van der Waals surface area contributed by atoms with E-state index < -0.39 is 0 Å². The summed E-state index contributed by atoms with van der Waals surface area (Å²) >= 11 is 0. The van der Waals surface area contributed by atoms with Crippen LogP contribution in [0.25, 0.3) is 0 Å². The van der Waals surface area contributed by atoms with E-state index in [1.54, 1.807) is 6.07 Å². The third-order valence-electron chi connectivity index (χ3n) is 5.58. The fourth-order valence-electron chi connectivity index (χ4n) is 3.27. The molecule has 2 aromatic heterocycles. The van der Waals surface area contributed by atoms with Crippen molar-refractivity contribution in [2.24, 2.45) is 11.8 Å². The molecule has 2 amide bonds. The lowest BCUT2D eigenvalue weighted by molar-refractivity contribution is -0.133. The van der Waals surface area contributed by atoms with Gasteiger partial charge in [-0.1, -0.05) is 20.8 Å². The van der Waals surface area contributed by atoms with Crippen molar-refractivity contribution in [1.29, 1.82) is 0 Å². The number of carbonyl (C=O) groups is 2. The second-order valence-electron chi connectivity index (χ2n) is 8.43. The van der Waals surface area contributed by atoms with Crippen molar-refractivity contribution in [1.82, 2.24) is 14.8 Å². The number of rotatable bonds is 10. The fourth-order valence-corrected chi connectivity index (χ4v) is 3.27. The summed E-state index contributed by atoms with van der Waals surface area (Å²) in [5, 5.41) is 2.96. The zero-order valence-electron chi connectivity index (χ0n) is 18.0. The Morgan fingerprint density at radius 3 is 2.66 bits per heavy atom. The normalized spacial score (nSPS) is 14.8. The van der Waals surface area contributed by atoms with Crippen molar-refractivity contribution < 1.29 is 14.0 Å². The first-order valence-electron chi connectivity index (χ1n) is 10.7. The Hall–Kier alpha value is -2.50. The molecular formula is C23H33N3O3. The van der Waals surface area contributed by atoms with Gasteiger partial charge in [0.25, 0.3) is 5.91 Å². The number of carbonyl (C=O) groups excluding carboxylic acids is 2. The van der Waals surface area contributed by atoms with E-state index in [0.717, 1.165) is 37.3 Å². The van der Waals surface area contributed by atoms with E-state index in [2.05, 4.69) is 30.7 Å². The summed E-state index contributed by atoms with van der Waals surface area (Å²) in [6.45, 7) is 10.2. The molecule has 0 aromatic carbocycles. The minimum Gasteiger partial charge on any atom is -0.454 e. The Kier molecular flexibility index (Phi) is 6.83. The number of hydrogen-bond acceptors (Lipinski definition) is 3. The first kappa shape index (κ1) is 21.2. The zero-order chi connectivity index (χ0) is 21.0. The lowest BCUT2D eigenvalue weighted by atomic mass is 10.1. The number of amides is 2. The molecule has 0 aliphatic heterocycles. The third-order valence-corrected chi connectivity index (χ3v) is 5.58. The van der Waals surface area contributed by atoms with Crippen LogP contribution in [0.1, 0.15) is 69.0 Å². The van der Waals surface area contributed by atoms with Crippen LogP contribution >= 0.6 is 0 Å². The predicted molar refractivity (Wildman–Crippen MR) is 112 cm³/mol. The van der Waals surface area contributed by atoms with Gasteiger partial charge in [0.15, 0.2) is 5.76 Å². The lowest BCUT2D eigenvalue weighted by Crippen LogP contribution is -2.35. The smallest absolute Gasteiger partial charge is 0.287 e. The maximum atomic E-state index is 12.6. The van der Waals surface area contributed by atoms with Crippen molar-refractivity contribution >= 4 is 11.8 Å². The minimum absolute atomic E-state index is 0.0839. The van der Waals surface area contributed by atoms with Crippen molar-refractivity contribution in [3.63, 3.8) is 0 Å². The molecule has 1 aliphatic carbocycles. The topological polar surface area (TPSA) is 67.5 Å². The third kappa shape index (κ3) is 5.52. The maximum Gasteiger partial charge on any atom is 0.287 e. The average molecular weight is 400 g/mol. The number of nitrogens with one attached hydrogen (secondary N) is 1. The van der Waals surface area contributed by atoms with Crippen LogP contribution in [0.15, 0.2) is 34.9 Å². The van der Waals surface area contributed by atoms with Crippen LogP contribution in [-0.4, -0.2) is 33.9 Å². The lowest BCUT2D eigenvalue weighted by Gasteiger charge is -2.23. The maximum absolute atomic E-state index is 12.6. The molecular weight excluding hydrogens is 366 g/mol. The van der Waals surface area contributed by atoms with Gasteiger partial charge in [-0.25, -0.2) is 0 Å². The van der Waals surface area contributed by atoms with Crippen molar-refractivity contribution in [2.45, 2.75) is 66.1 Å². The summed E-state index contributed by atoms with van der Waals surface area (Å²) in [5.41, 5.74) is 1.07. The van der Waals surface area contributed by atoms with Gasteiger partial charge in [0.1, 0.15) is 5.76 Å². The first-order valence-corrected chi connectivity index (χ1v) is 10.7. The Balaban J connectivity index is 1.64. The average Bonchev–Trinajstić information content (AvgIpc) is 3.28. The molecule has 1 aliphatic rings. The molecule has 1 atom stereocenters. The van der Waals surface area contributed by atoms with Crippen LogP contribution in [0.4, 0.5) is 0 Å². The van der Waals surface area contributed by atoms with Crippen LogP contribution in [0.3, 0.4) is 0 Å². The first-order chi connectivity index (χ1) is 13.9. The predicted octanol–water partition coefficient (Wildman–Crippen LogP) is 4.05. The number of furan rings is 1. The van der Waals surface area contributed by atoms with Gasteiger partial charge < -0.3 is 19.2 Å². The molecule has 6 heteroatoms. The SMILES string of the molecule is CCCN(Cc1cccn1Cc1ccc(C(=O)N[C@@H](C)C(C)C)o1)C(=O)C1CC1. The van der Waals surface area contributed by atoms with Crippen molar-refractivity contribution in [3.8, 4) is 0 Å². The highest BCUT2D eigenvalue weighted by atomic mass is 16.4. The summed E-state index contributed by atoms with van der Waals surface area (Å²) in [7, 11) is 0.